The number of hydrogen-bond acceptors (Lipinski definition) is 2. The molecule has 0 aliphatic heterocycles. The Morgan fingerprint density at radius 3 is 2.92 bits per heavy atom. The summed E-state index contributed by atoms with van der Waals surface area (Å²) in [5.41, 5.74) is 6.95. The average molecular weight is 227 g/mol. The molecule has 1 saturated carbocycles. The zero-order chi connectivity index (χ0) is 8.77. The van der Waals surface area contributed by atoms with Gasteiger partial charge in [-0.25, -0.2) is 0 Å². The summed E-state index contributed by atoms with van der Waals surface area (Å²) in [4.78, 5) is 4.29. The van der Waals surface area contributed by atoms with E-state index in [0.29, 0.717) is 5.92 Å². The Balaban J connectivity index is 2.41. The van der Waals surface area contributed by atoms with Gasteiger partial charge in [0.1, 0.15) is 0 Å². The van der Waals surface area contributed by atoms with Gasteiger partial charge in [-0.2, -0.15) is 0 Å². The van der Waals surface area contributed by atoms with Gasteiger partial charge in [0.05, 0.1) is 11.2 Å². The largest absolute Gasteiger partial charge is 0.320 e. The zero-order valence-corrected chi connectivity index (χ0v) is 8.51. The van der Waals surface area contributed by atoms with Crippen LogP contribution in [0.5, 0.6) is 0 Å². The summed E-state index contributed by atoms with van der Waals surface area (Å²) in [5, 5.41) is 0. The van der Waals surface area contributed by atoms with Gasteiger partial charge in [-0.3, -0.25) is 4.98 Å². The molecule has 2 unspecified atom stereocenters. The number of halogens is 1. The zero-order valence-electron chi connectivity index (χ0n) is 6.92. The van der Waals surface area contributed by atoms with Gasteiger partial charge in [0.15, 0.2) is 0 Å². The van der Waals surface area contributed by atoms with Crippen LogP contribution in [-0.4, -0.2) is 4.98 Å². The van der Waals surface area contributed by atoms with Crippen molar-refractivity contribution in [2.75, 3.05) is 0 Å². The van der Waals surface area contributed by atoms with E-state index in [0.717, 1.165) is 16.6 Å². The quantitative estimate of drug-likeness (QED) is 0.797. The predicted octanol–water partition coefficient (Wildman–Crippen LogP) is 2.04. The van der Waals surface area contributed by atoms with Crippen molar-refractivity contribution in [3.8, 4) is 0 Å². The van der Waals surface area contributed by atoms with Crippen molar-refractivity contribution < 1.29 is 0 Å². The lowest BCUT2D eigenvalue weighted by Crippen LogP contribution is -2.23. The van der Waals surface area contributed by atoms with E-state index in [4.69, 9.17) is 5.73 Å². The predicted molar refractivity (Wildman–Crippen MR) is 51.6 cm³/mol. The van der Waals surface area contributed by atoms with Crippen LogP contribution in [0.25, 0.3) is 0 Å². The Bertz CT molecular complexity index is 313. The topological polar surface area (TPSA) is 38.9 Å². The van der Waals surface area contributed by atoms with Crippen LogP contribution in [0.3, 0.4) is 0 Å². The summed E-state index contributed by atoms with van der Waals surface area (Å²) in [5.74, 6) is 0.559. The fraction of sp³-hybridized carbons (Fsp3) is 0.444. The van der Waals surface area contributed by atoms with Crippen LogP contribution in [0.1, 0.15) is 19.0 Å². The highest BCUT2D eigenvalue weighted by Crippen LogP contribution is 2.50. The molecule has 64 valence electrons. The molecule has 2 N–H and O–H groups in total. The van der Waals surface area contributed by atoms with Crippen molar-refractivity contribution in [2.24, 2.45) is 11.7 Å². The number of pyridine rings is 1. The van der Waals surface area contributed by atoms with E-state index >= 15 is 0 Å². The van der Waals surface area contributed by atoms with Crippen molar-refractivity contribution in [2.45, 2.75) is 18.9 Å². The highest BCUT2D eigenvalue weighted by Gasteiger charge is 2.51. The molecule has 1 aliphatic carbocycles. The van der Waals surface area contributed by atoms with Crippen molar-refractivity contribution in [1.29, 1.82) is 0 Å². The summed E-state index contributed by atoms with van der Waals surface area (Å²) >= 11 is 3.46. The van der Waals surface area contributed by atoms with E-state index in [-0.39, 0.29) is 5.54 Å². The van der Waals surface area contributed by atoms with Gasteiger partial charge in [0.25, 0.3) is 0 Å². The average Bonchev–Trinajstić information content (AvgIpc) is 2.61. The van der Waals surface area contributed by atoms with Gasteiger partial charge < -0.3 is 5.73 Å². The van der Waals surface area contributed by atoms with E-state index in [2.05, 4.69) is 27.8 Å². The van der Waals surface area contributed by atoms with Crippen LogP contribution in [-0.2, 0) is 5.54 Å². The molecule has 0 saturated heterocycles. The van der Waals surface area contributed by atoms with E-state index in [1.54, 1.807) is 6.20 Å². The minimum atomic E-state index is -0.167. The molecule has 1 aliphatic rings. The molecule has 3 heteroatoms. The van der Waals surface area contributed by atoms with Crippen molar-refractivity contribution in [3.05, 3.63) is 28.5 Å². The van der Waals surface area contributed by atoms with Gasteiger partial charge >= 0.3 is 0 Å². The summed E-state index contributed by atoms with van der Waals surface area (Å²) in [6.45, 7) is 2.15. The van der Waals surface area contributed by atoms with Crippen LogP contribution in [0.4, 0.5) is 0 Å². The number of nitrogens with zero attached hydrogens (tertiary/aromatic N) is 1. The lowest BCUT2D eigenvalue weighted by molar-refractivity contribution is 0.637. The molecule has 1 heterocycles. The summed E-state index contributed by atoms with van der Waals surface area (Å²) < 4.78 is 1.02. The highest BCUT2D eigenvalue weighted by molar-refractivity contribution is 9.10. The molecule has 2 nitrogen and oxygen atoms in total. The minimum absolute atomic E-state index is 0.167. The third kappa shape index (κ3) is 1.08. The number of hydrogen-bond donors (Lipinski definition) is 1. The second-order valence-electron chi connectivity index (χ2n) is 3.48. The fourth-order valence-electron chi connectivity index (χ4n) is 1.51. The first-order chi connectivity index (χ1) is 5.64. The second-order valence-corrected chi connectivity index (χ2v) is 4.33. The van der Waals surface area contributed by atoms with Crippen LogP contribution in [0.15, 0.2) is 22.8 Å². The molecule has 0 bridgehead atoms. The Morgan fingerprint density at radius 2 is 2.42 bits per heavy atom. The van der Waals surface area contributed by atoms with E-state index in [1.807, 2.05) is 12.1 Å². The third-order valence-electron chi connectivity index (χ3n) is 2.56. The summed E-state index contributed by atoms with van der Waals surface area (Å²) in [7, 11) is 0. The third-order valence-corrected chi connectivity index (χ3v) is 3.20. The smallest absolute Gasteiger partial charge is 0.0746 e. The van der Waals surface area contributed by atoms with Crippen molar-refractivity contribution >= 4 is 15.9 Å². The van der Waals surface area contributed by atoms with Crippen molar-refractivity contribution in [3.63, 3.8) is 0 Å². The first kappa shape index (κ1) is 8.20. The molecule has 2 atom stereocenters. The van der Waals surface area contributed by atoms with E-state index in [9.17, 15) is 0 Å². The van der Waals surface area contributed by atoms with Crippen molar-refractivity contribution in [1.82, 2.24) is 4.98 Å². The van der Waals surface area contributed by atoms with Gasteiger partial charge in [-0.15, -0.1) is 0 Å². The number of aromatic nitrogens is 1. The molecule has 1 aromatic rings. The maximum atomic E-state index is 6.12. The van der Waals surface area contributed by atoms with Crippen LogP contribution in [0.2, 0.25) is 0 Å². The second kappa shape index (κ2) is 2.54. The molecular formula is C9H11BrN2. The molecule has 0 radical (unpaired) electrons. The minimum Gasteiger partial charge on any atom is -0.320 e. The Kier molecular flexibility index (Phi) is 1.73. The molecule has 1 fully saturated rings. The Morgan fingerprint density at radius 1 is 1.75 bits per heavy atom. The maximum Gasteiger partial charge on any atom is 0.0746 e. The molecular weight excluding hydrogens is 216 g/mol. The monoisotopic (exact) mass is 226 g/mol. The molecule has 12 heavy (non-hydrogen) atoms. The lowest BCUT2D eigenvalue weighted by atomic mass is 10.1. The Labute approximate surface area is 80.3 Å². The SMILES string of the molecule is CC1CC1(N)c1ncccc1Br. The lowest BCUT2D eigenvalue weighted by Gasteiger charge is -2.10. The highest BCUT2D eigenvalue weighted by atomic mass is 79.9. The van der Waals surface area contributed by atoms with Crippen LogP contribution >= 0.6 is 15.9 Å². The first-order valence-electron chi connectivity index (χ1n) is 4.04. The van der Waals surface area contributed by atoms with Crippen LogP contribution < -0.4 is 5.73 Å². The van der Waals surface area contributed by atoms with Gasteiger partial charge in [-0.05, 0) is 40.4 Å². The van der Waals surface area contributed by atoms with Crippen LogP contribution in [0, 0.1) is 5.92 Å². The maximum absolute atomic E-state index is 6.12. The summed E-state index contributed by atoms with van der Waals surface area (Å²) in [6, 6.07) is 3.89. The van der Waals surface area contributed by atoms with Gasteiger partial charge in [0, 0.05) is 10.7 Å². The van der Waals surface area contributed by atoms with E-state index < -0.39 is 0 Å². The standard InChI is InChI=1S/C9H11BrN2/c1-6-5-9(6,11)8-7(10)3-2-4-12-8/h2-4,6H,5,11H2,1H3. The summed E-state index contributed by atoms with van der Waals surface area (Å²) in [6.07, 6.45) is 2.84. The van der Waals surface area contributed by atoms with Gasteiger partial charge in [0.2, 0.25) is 0 Å². The molecule has 2 rings (SSSR count). The first-order valence-corrected chi connectivity index (χ1v) is 4.84. The molecule has 0 aromatic carbocycles. The number of nitrogens with two attached hydrogens (primary N) is 1. The Hall–Kier alpha value is -0.410. The normalized spacial score (nSPS) is 33.4. The number of rotatable bonds is 1. The van der Waals surface area contributed by atoms with E-state index in [1.165, 1.54) is 0 Å². The molecule has 0 spiro atoms. The molecule has 0 amide bonds. The fourth-order valence-corrected chi connectivity index (χ4v) is 2.13. The molecule has 1 aromatic heterocycles. The van der Waals surface area contributed by atoms with Gasteiger partial charge in [-0.1, -0.05) is 6.92 Å².